The summed E-state index contributed by atoms with van der Waals surface area (Å²) < 4.78 is 0. The highest BCUT2D eigenvalue weighted by Gasteiger charge is 2.25. The van der Waals surface area contributed by atoms with Gasteiger partial charge in [0.15, 0.2) is 5.78 Å². The number of benzene rings is 2. The van der Waals surface area contributed by atoms with Crippen LogP contribution in [0, 0.1) is 0 Å². The molecule has 1 fully saturated rings. The Kier molecular flexibility index (Phi) is 6.42. The maximum absolute atomic E-state index is 12.3. The average Bonchev–Trinajstić information content (AvgIpc) is 3.10. The van der Waals surface area contributed by atoms with Crippen molar-refractivity contribution in [2.24, 2.45) is 0 Å². The van der Waals surface area contributed by atoms with E-state index in [0.717, 1.165) is 43.6 Å². The Balaban J connectivity index is 1.38. The second kappa shape index (κ2) is 8.97. The lowest BCUT2D eigenvalue weighted by Gasteiger charge is -2.15. The zero-order valence-corrected chi connectivity index (χ0v) is 15.1. The fourth-order valence-corrected chi connectivity index (χ4v) is 4.21. The quantitative estimate of drug-likeness (QED) is 0.696. The molecule has 1 atom stereocenters. The van der Waals surface area contributed by atoms with E-state index in [1.807, 2.05) is 60.7 Å². The number of carbonyl (C=O) groups excluding carboxylic acids is 2. The first-order valence-corrected chi connectivity index (χ1v) is 9.67. The molecular weight excluding hydrogens is 330 g/mol. The molecular formula is C21H23NO2S. The zero-order valence-electron chi connectivity index (χ0n) is 14.3. The molecule has 0 aliphatic carbocycles. The highest BCUT2D eigenvalue weighted by atomic mass is 32.2. The van der Waals surface area contributed by atoms with Crippen molar-refractivity contribution in [2.75, 3.05) is 19.6 Å². The van der Waals surface area contributed by atoms with Crippen molar-refractivity contribution in [3.05, 3.63) is 71.8 Å². The summed E-state index contributed by atoms with van der Waals surface area (Å²) in [7, 11) is 0. The molecule has 130 valence electrons. The molecule has 3 nitrogen and oxygen atoms in total. The zero-order chi connectivity index (χ0) is 17.5. The Morgan fingerprint density at radius 2 is 1.60 bits per heavy atom. The van der Waals surface area contributed by atoms with Crippen LogP contribution in [0.2, 0.25) is 0 Å². The Labute approximate surface area is 153 Å². The number of thioether (sulfide) groups is 1. The van der Waals surface area contributed by atoms with Gasteiger partial charge in [-0.05, 0) is 25.9 Å². The maximum Gasteiger partial charge on any atom is 0.219 e. The van der Waals surface area contributed by atoms with Crippen LogP contribution >= 0.6 is 11.8 Å². The monoisotopic (exact) mass is 353 g/mol. The number of hydrogen-bond donors (Lipinski definition) is 0. The van der Waals surface area contributed by atoms with E-state index >= 15 is 0 Å². The van der Waals surface area contributed by atoms with Gasteiger partial charge in [-0.15, -0.1) is 0 Å². The van der Waals surface area contributed by atoms with Crippen LogP contribution in [0.4, 0.5) is 0 Å². The van der Waals surface area contributed by atoms with E-state index in [9.17, 15) is 9.59 Å². The van der Waals surface area contributed by atoms with Crippen molar-refractivity contribution in [3.8, 4) is 0 Å². The van der Waals surface area contributed by atoms with Gasteiger partial charge < -0.3 is 4.90 Å². The topological polar surface area (TPSA) is 37.4 Å². The summed E-state index contributed by atoms with van der Waals surface area (Å²) in [6, 6.07) is 19.0. The largest absolute Gasteiger partial charge is 0.302 e. The van der Waals surface area contributed by atoms with E-state index < -0.39 is 0 Å². The molecule has 0 unspecified atom stereocenters. The Hall–Kier alpha value is -1.91. The summed E-state index contributed by atoms with van der Waals surface area (Å²) in [5.74, 6) is 0.213. The molecule has 2 aromatic carbocycles. The van der Waals surface area contributed by atoms with Crippen LogP contribution in [0.1, 0.15) is 40.0 Å². The fraction of sp³-hybridized carbons (Fsp3) is 0.333. The van der Waals surface area contributed by atoms with Gasteiger partial charge in [0.05, 0.1) is 0 Å². The number of nitrogens with zero attached hydrogens (tertiary/aromatic N) is 1. The van der Waals surface area contributed by atoms with Crippen LogP contribution in [-0.2, 0) is 0 Å². The van der Waals surface area contributed by atoms with Gasteiger partial charge >= 0.3 is 0 Å². The van der Waals surface area contributed by atoms with Crippen molar-refractivity contribution in [1.29, 1.82) is 0 Å². The molecule has 0 N–H and O–H groups in total. The summed E-state index contributed by atoms with van der Waals surface area (Å²) in [5, 5.41) is 0.518. The lowest BCUT2D eigenvalue weighted by molar-refractivity contribution is 0.0975. The number of Topliss-reactive ketones (excluding diaryl/α,β-unsaturated/α-hetero) is 1. The van der Waals surface area contributed by atoms with Crippen molar-refractivity contribution in [3.63, 3.8) is 0 Å². The molecule has 1 heterocycles. The Morgan fingerprint density at radius 3 is 2.28 bits per heavy atom. The van der Waals surface area contributed by atoms with Crippen LogP contribution in [0.25, 0.3) is 0 Å². The van der Waals surface area contributed by atoms with Gasteiger partial charge in [-0.1, -0.05) is 72.4 Å². The van der Waals surface area contributed by atoms with E-state index in [2.05, 4.69) is 4.90 Å². The molecule has 25 heavy (non-hydrogen) atoms. The number of ketones is 1. The molecule has 0 aromatic heterocycles. The van der Waals surface area contributed by atoms with E-state index in [1.54, 1.807) is 0 Å². The molecule has 0 spiro atoms. The number of carbonyl (C=O) groups is 2. The smallest absolute Gasteiger partial charge is 0.219 e. The molecule has 3 rings (SSSR count). The van der Waals surface area contributed by atoms with Gasteiger partial charge in [-0.3, -0.25) is 9.59 Å². The predicted octanol–water partition coefficient (Wildman–Crippen LogP) is 4.30. The molecule has 1 saturated heterocycles. The van der Waals surface area contributed by atoms with E-state index in [-0.39, 0.29) is 10.9 Å². The first-order chi connectivity index (χ1) is 12.2. The standard InChI is InChI=1S/C21H23NO2S/c23-20(17-8-3-1-4-9-17)12-7-14-22-15-13-19(16-22)25-21(24)18-10-5-2-6-11-18/h1-6,8-11,19H,7,12-16H2/t19-/m0/s1. The summed E-state index contributed by atoms with van der Waals surface area (Å²) in [4.78, 5) is 26.8. The third kappa shape index (κ3) is 5.28. The van der Waals surface area contributed by atoms with Crippen LogP contribution in [0.5, 0.6) is 0 Å². The highest BCUT2D eigenvalue weighted by Crippen LogP contribution is 2.26. The van der Waals surface area contributed by atoms with Crippen molar-refractivity contribution in [1.82, 2.24) is 4.90 Å². The van der Waals surface area contributed by atoms with Crippen molar-refractivity contribution >= 4 is 22.7 Å². The minimum atomic E-state index is 0.159. The van der Waals surface area contributed by atoms with E-state index in [0.29, 0.717) is 11.7 Å². The molecule has 4 heteroatoms. The second-order valence-electron chi connectivity index (χ2n) is 6.38. The Morgan fingerprint density at radius 1 is 0.960 bits per heavy atom. The van der Waals surface area contributed by atoms with Crippen molar-refractivity contribution in [2.45, 2.75) is 24.5 Å². The molecule has 0 saturated carbocycles. The first kappa shape index (κ1) is 17.9. The molecule has 2 aromatic rings. The predicted molar refractivity (Wildman–Crippen MR) is 103 cm³/mol. The van der Waals surface area contributed by atoms with Gasteiger partial charge in [0.2, 0.25) is 5.12 Å². The number of likely N-dealkylation sites (tertiary alicyclic amines) is 1. The SMILES string of the molecule is O=C(CCCN1CC[C@H](SC(=O)c2ccccc2)C1)c1ccccc1. The van der Waals surface area contributed by atoms with Gasteiger partial charge in [0, 0.05) is 29.3 Å². The fourth-order valence-electron chi connectivity index (χ4n) is 3.12. The lowest BCUT2D eigenvalue weighted by Crippen LogP contribution is -2.23. The van der Waals surface area contributed by atoms with Crippen LogP contribution in [-0.4, -0.2) is 40.7 Å². The van der Waals surface area contributed by atoms with E-state index in [4.69, 9.17) is 0 Å². The van der Waals surface area contributed by atoms with Gasteiger partial charge in [0.1, 0.15) is 0 Å². The summed E-state index contributed by atoms with van der Waals surface area (Å²) >= 11 is 1.45. The highest BCUT2D eigenvalue weighted by molar-refractivity contribution is 8.14. The minimum Gasteiger partial charge on any atom is -0.302 e. The molecule has 1 aliphatic heterocycles. The summed E-state index contributed by atoms with van der Waals surface area (Å²) in [6.45, 7) is 2.87. The molecule has 0 radical (unpaired) electrons. The lowest BCUT2D eigenvalue weighted by atomic mass is 10.1. The van der Waals surface area contributed by atoms with Crippen molar-refractivity contribution < 1.29 is 9.59 Å². The normalized spacial score (nSPS) is 17.5. The first-order valence-electron chi connectivity index (χ1n) is 8.79. The number of rotatable bonds is 7. The van der Waals surface area contributed by atoms with Gasteiger partial charge in [-0.25, -0.2) is 0 Å². The third-order valence-corrected chi connectivity index (χ3v) is 5.65. The molecule has 0 amide bonds. The summed E-state index contributed by atoms with van der Waals surface area (Å²) in [6.07, 6.45) is 2.49. The minimum absolute atomic E-state index is 0.159. The van der Waals surface area contributed by atoms with Crippen LogP contribution < -0.4 is 0 Å². The second-order valence-corrected chi connectivity index (χ2v) is 7.65. The van der Waals surface area contributed by atoms with Gasteiger partial charge in [-0.2, -0.15) is 0 Å². The van der Waals surface area contributed by atoms with Crippen LogP contribution in [0.3, 0.4) is 0 Å². The molecule has 0 bridgehead atoms. The average molecular weight is 353 g/mol. The number of hydrogen-bond acceptors (Lipinski definition) is 4. The summed E-state index contributed by atoms with van der Waals surface area (Å²) in [5.41, 5.74) is 1.57. The van der Waals surface area contributed by atoms with E-state index in [1.165, 1.54) is 11.8 Å². The Bertz CT molecular complexity index is 702. The third-order valence-electron chi connectivity index (χ3n) is 4.49. The maximum atomic E-state index is 12.3. The van der Waals surface area contributed by atoms with Gasteiger partial charge in [0.25, 0.3) is 0 Å². The molecule has 1 aliphatic rings. The van der Waals surface area contributed by atoms with Crippen LogP contribution in [0.15, 0.2) is 60.7 Å².